The van der Waals surface area contributed by atoms with Crippen molar-refractivity contribution in [2.45, 2.75) is 6.92 Å². The topological polar surface area (TPSA) is 26.0 Å². The Labute approximate surface area is 108 Å². The minimum Gasteiger partial charge on any atom is -0.435 e. The van der Waals surface area contributed by atoms with E-state index in [-0.39, 0.29) is 5.82 Å². The molecule has 2 nitrogen and oxygen atoms in total. The van der Waals surface area contributed by atoms with E-state index >= 15 is 0 Å². The van der Waals surface area contributed by atoms with Crippen LogP contribution in [0.2, 0.25) is 0 Å². The summed E-state index contributed by atoms with van der Waals surface area (Å²) in [4.78, 5) is 6.50. The molecule has 18 heavy (non-hydrogen) atoms. The van der Waals surface area contributed by atoms with Crippen molar-refractivity contribution in [1.82, 2.24) is 4.98 Å². The molecule has 0 unspecified atom stereocenters. The van der Waals surface area contributed by atoms with Crippen LogP contribution in [0.1, 0.15) is 4.88 Å². The summed E-state index contributed by atoms with van der Waals surface area (Å²) in [6.45, 7) is 2.05. The average Bonchev–Trinajstić information content (AvgIpc) is 2.98. The first-order valence-electron chi connectivity index (χ1n) is 5.51. The second-order valence-corrected chi connectivity index (χ2v) is 5.23. The van der Waals surface area contributed by atoms with Gasteiger partial charge in [-0.05, 0) is 43.3 Å². The molecule has 0 aliphatic carbocycles. The number of aromatic nitrogens is 1. The van der Waals surface area contributed by atoms with Crippen LogP contribution in [-0.2, 0) is 0 Å². The molecule has 90 valence electrons. The van der Waals surface area contributed by atoms with Gasteiger partial charge in [-0.3, -0.25) is 0 Å². The zero-order valence-electron chi connectivity index (χ0n) is 9.68. The average molecular weight is 259 g/mol. The molecule has 0 spiro atoms. The van der Waals surface area contributed by atoms with Crippen LogP contribution in [0.3, 0.4) is 0 Å². The largest absolute Gasteiger partial charge is 0.435 e. The molecule has 0 N–H and O–H groups in total. The molecule has 0 aliphatic rings. The van der Waals surface area contributed by atoms with E-state index in [1.54, 1.807) is 29.7 Å². The summed E-state index contributed by atoms with van der Waals surface area (Å²) in [7, 11) is 0. The van der Waals surface area contributed by atoms with Gasteiger partial charge in [-0.2, -0.15) is 0 Å². The number of nitrogens with zero attached hydrogens (tertiary/aromatic N) is 1. The van der Waals surface area contributed by atoms with E-state index in [1.165, 1.54) is 17.0 Å². The number of benzene rings is 1. The summed E-state index contributed by atoms with van der Waals surface area (Å²) >= 11 is 1.66. The Morgan fingerprint density at radius 1 is 1.11 bits per heavy atom. The van der Waals surface area contributed by atoms with E-state index in [4.69, 9.17) is 4.42 Å². The maximum atomic E-state index is 12.8. The lowest BCUT2D eigenvalue weighted by Gasteiger charge is -1.94. The number of hydrogen-bond acceptors (Lipinski definition) is 3. The summed E-state index contributed by atoms with van der Waals surface area (Å²) in [6, 6.07) is 10.2. The van der Waals surface area contributed by atoms with Gasteiger partial charge in [0.25, 0.3) is 0 Å². The van der Waals surface area contributed by atoms with Crippen LogP contribution in [0.5, 0.6) is 0 Å². The molecule has 0 saturated carbocycles. The van der Waals surface area contributed by atoms with Gasteiger partial charge in [0.05, 0.1) is 11.1 Å². The highest BCUT2D eigenvalue weighted by Gasteiger charge is 2.09. The van der Waals surface area contributed by atoms with E-state index in [9.17, 15) is 4.39 Å². The Morgan fingerprint density at radius 3 is 2.56 bits per heavy atom. The van der Waals surface area contributed by atoms with Gasteiger partial charge in [-0.15, -0.1) is 11.3 Å². The lowest BCUT2D eigenvalue weighted by molar-refractivity contribution is 0.589. The number of thiophene rings is 1. The lowest BCUT2D eigenvalue weighted by Crippen LogP contribution is -1.77. The van der Waals surface area contributed by atoms with E-state index in [2.05, 4.69) is 4.98 Å². The van der Waals surface area contributed by atoms with E-state index in [1.807, 2.05) is 19.1 Å². The molecule has 0 saturated heterocycles. The van der Waals surface area contributed by atoms with Gasteiger partial charge in [0.2, 0.25) is 5.89 Å². The number of halogens is 1. The van der Waals surface area contributed by atoms with Crippen LogP contribution < -0.4 is 0 Å². The molecule has 0 atom stereocenters. The predicted molar refractivity (Wildman–Crippen MR) is 69.9 cm³/mol. The van der Waals surface area contributed by atoms with Crippen molar-refractivity contribution in [3.05, 3.63) is 53.3 Å². The molecule has 2 heterocycles. The Bertz CT molecular complexity index is 669. The second kappa shape index (κ2) is 4.38. The minimum atomic E-state index is -0.264. The minimum absolute atomic E-state index is 0.264. The maximum absolute atomic E-state index is 12.8. The van der Waals surface area contributed by atoms with Gasteiger partial charge in [0.15, 0.2) is 5.76 Å². The predicted octanol–water partition coefficient (Wildman–Crippen LogP) is 4.52. The van der Waals surface area contributed by atoms with Crippen LogP contribution in [0.25, 0.3) is 22.1 Å². The quantitative estimate of drug-likeness (QED) is 0.676. The van der Waals surface area contributed by atoms with Crippen molar-refractivity contribution in [2.75, 3.05) is 0 Å². The third-order valence-corrected chi connectivity index (χ3v) is 3.60. The van der Waals surface area contributed by atoms with Crippen molar-refractivity contribution in [1.29, 1.82) is 0 Å². The monoisotopic (exact) mass is 259 g/mol. The summed E-state index contributed by atoms with van der Waals surface area (Å²) in [5, 5.41) is 0. The molecule has 0 radical (unpaired) electrons. The highest BCUT2D eigenvalue weighted by atomic mass is 32.1. The zero-order chi connectivity index (χ0) is 12.5. The van der Waals surface area contributed by atoms with Crippen molar-refractivity contribution in [3.8, 4) is 22.1 Å². The lowest BCUT2D eigenvalue weighted by atomic mass is 10.2. The highest BCUT2D eigenvalue weighted by molar-refractivity contribution is 7.15. The van der Waals surface area contributed by atoms with Crippen molar-refractivity contribution >= 4 is 11.3 Å². The van der Waals surface area contributed by atoms with Crippen LogP contribution >= 0.6 is 11.3 Å². The number of hydrogen-bond donors (Lipinski definition) is 0. The Hall–Kier alpha value is -1.94. The summed E-state index contributed by atoms with van der Waals surface area (Å²) in [6.07, 6.45) is 1.70. The molecule has 0 bridgehead atoms. The summed E-state index contributed by atoms with van der Waals surface area (Å²) in [5.41, 5.74) is 0.774. The molecular formula is C14H10FNOS. The highest BCUT2D eigenvalue weighted by Crippen LogP contribution is 2.30. The molecule has 0 fully saturated rings. The molecule has 0 aliphatic heterocycles. The number of rotatable bonds is 2. The number of aryl methyl sites for hydroxylation is 1. The smallest absolute Gasteiger partial charge is 0.226 e. The van der Waals surface area contributed by atoms with Crippen LogP contribution in [0, 0.1) is 12.7 Å². The zero-order valence-corrected chi connectivity index (χ0v) is 10.5. The van der Waals surface area contributed by atoms with Gasteiger partial charge >= 0.3 is 0 Å². The maximum Gasteiger partial charge on any atom is 0.226 e. The van der Waals surface area contributed by atoms with Gasteiger partial charge in [-0.1, -0.05) is 0 Å². The second-order valence-electron chi connectivity index (χ2n) is 3.95. The van der Waals surface area contributed by atoms with Crippen LogP contribution in [-0.4, -0.2) is 4.98 Å². The fourth-order valence-corrected chi connectivity index (χ4v) is 2.49. The molecule has 4 heteroatoms. The third-order valence-electron chi connectivity index (χ3n) is 2.58. The first-order valence-corrected chi connectivity index (χ1v) is 6.32. The summed E-state index contributed by atoms with van der Waals surface area (Å²) < 4.78 is 18.5. The molecule has 1 aromatic carbocycles. The van der Waals surface area contributed by atoms with Gasteiger partial charge in [0, 0.05) is 10.4 Å². The summed E-state index contributed by atoms with van der Waals surface area (Å²) in [5.74, 6) is 0.989. The van der Waals surface area contributed by atoms with Crippen molar-refractivity contribution in [3.63, 3.8) is 0 Å². The van der Waals surface area contributed by atoms with E-state index < -0.39 is 0 Å². The standard InChI is InChI=1S/C14H10FNOS/c1-9-2-7-13(18-9)12-8-16-14(17-12)10-3-5-11(15)6-4-10/h2-8H,1H3. The van der Waals surface area contributed by atoms with Crippen molar-refractivity contribution < 1.29 is 8.81 Å². The fraction of sp³-hybridized carbons (Fsp3) is 0.0714. The fourth-order valence-electron chi connectivity index (χ4n) is 1.68. The SMILES string of the molecule is Cc1ccc(-c2cnc(-c3ccc(F)cc3)o2)s1. The van der Waals surface area contributed by atoms with Crippen LogP contribution in [0.15, 0.2) is 47.0 Å². The molecule has 3 rings (SSSR count). The van der Waals surface area contributed by atoms with E-state index in [0.717, 1.165) is 16.2 Å². The third kappa shape index (κ3) is 2.07. The van der Waals surface area contributed by atoms with Crippen molar-refractivity contribution in [2.24, 2.45) is 0 Å². The molecule has 0 amide bonds. The first-order chi connectivity index (χ1) is 8.72. The Kier molecular flexibility index (Phi) is 2.72. The number of oxazole rings is 1. The van der Waals surface area contributed by atoms with Gasteiger partial charge < -0.3 is 4.42 Å². The normalized spacial score (nSPS) is 10.8. The Balaban J connectivity index is 1.96. The molecule has 2 aromatic heterocycles. The van der Waals surface area contributed by atoms with E-state index in [0.29, 0.717) is 5.89 Å². The molecule has 3 aromatic rings. The molecular weight excluding hydrogens is 249 g/mol. The first kappa shape index (κ1) is 11.2. The van der Waals surface area contributed by atoms with Gasteiger partial charge in [0.1, 0.15) is 5.82 Å². The Morgan fingerprint density at radius 2 is 1.89 bits per heavy atom. The van der Waals surface area contributed by atoms with Crippen LogP contribution in [0.4, 0.5) is 4.39 Å². The van der Waals surface area contributed by atoms with Gasteiger partial charge in [-0.25, -0.2) is 9.37 Å².